The van der Waals surface area contributed by atoms with Crippen molar-refractivity contribution in [3.05, 3.63) is 54.4 Å². The van der Waals surface area contributed by atoms with Crippen molar-refractivity contribution in [2.45, 2.75) is 19.4 Å². The number of carbonyl (C=O) groups excluding carboxylic acids is 1. The number of amides is 1. The van der Waals surface area contributed by atoms with Crippen molar-refractivity contribution in [3.63, 3.8) is 0 Å². The van der Waals surface area contributed by atoms with Gasteiger partial charge in [0.25, 0.3) is 0 Å². The molecule has 1 aromatic heterocycles. The van der Waals surface area contributed by atoms with Crippen LogP contribution in [0.5, 0.6) is 5.75 Å². The van der Waals surface area contributed by atoms with E-state index in [0.717, 1.165) is 49.6 Å². The molecule has 0 atom stereocenters. The van der Waals surface area contributed by atoms with Gasteiger partial charge in [-0.15, -0.1) is 0 Å². The zero-order valence-corrected chi connectivity index (χ0v) is 13.6. The number of anilines is 1. The van der Waals surface area contributed by atoms with E-state index in [-0.39, 0.29) is 5.91 Å². The van der Waals surface area contributed by atoms with Crippen LogP contribution in [0.25, 0.3) is 0 Å². The van der Waals surface area contributed by atoms with Crippen LogP contribution in [-0.2, 0) is 11.3 Å². The maximum atomic E-state index is 12.8. The number of nitrogens with one attached hydrogen (secondary N) is 1. The van der Waals surface area contributed by atoms with E-state index in [0.29, 0.717) is 6.61 Å². The Hall–Kier alpha value is -2.40. The van der Waals surface area contributed by atoms with Gasteiger partial charge in [0.1, 0.15) is 12.4 Å². The van der Waals surface area contributed by atoms with Gasteiger partial charge in [-0.1, -0.05) is 18.2 Å². The predicted octanol–water partition coefficient (Wildman–Crippen LogP) is 2.69. The van der Waals surface area contributed by atoms with E-state index in [1.807, 2.05) is 48.7 Å². The van der Waals surface area contributed by atoms with Gasteiger partial charge in [0.15, 0.2) is 0 Å². The molecule has 4 rings (SSSR count). The van der Waals surface area contributed by atoms with Gasteiger partial charge in [-0.05, 0) is 50.2 Å². The van der Waals surface area contributed by atoms with Crippen LogP contribution in [0.1, 0.15) is 18.5 Å². The van der Waals surface area contributed by atoms with Crippen molar-refractivity contribution in [1.29, 1.82) is 0 Å². The monoisotopic (exact) mass is 323 g/mol. The highest BCUT2D eigenvalue weighted by atomic mass is 16.5. The van der Waals surface area contributed by atoms with E-state index in [9.17, 15) is 4.79 Å². The van der Waals surface area contributed by atoms with Crippen molar-refractivity contribution in [3.8, 4) is 5.75 Å². The number of benzene rings is 1. The molecule has 0 unspecified atom stereocenters. The summed E-state index contributed by atoms with van der Waals surface area (Å²) < 4.78 is 5.95. The lowest BCUT2D eigenvalue weighted by Gasteiger charge is -2.39. The van der Waals surface area contributed by atoms with Gasteiger partial charge in [-0.3, -0.25) is 14.7 Å². The average molecular weight is 323 g/mol. The quantitative estimate of drug-likeness (QED) is 0.923. The lowest BCUT2D eigenvalue weighted by molar-refractivity contribution is -0.130. The number of rotatable bonds is 2. The number of carbonyl (C=O) groups is 1. The van der Waals surface area contributed by atoms with E-state index in [2.05, 4.69) is 15.2 Å². The molecule has 0 bridgehead atoms. The Morgan fingerprint density at radius 1 is 1.12 bits per heavy atom. The number of hydrogen-bond donors (Lipinski definition) is 1. The molecule has 1 saturated heterocycles. The summed E-state index contributed by atoms with van der Waals surface area (Å²) in [5, 5.41) is 3.05. The molecule has 0 aliphatic carbocycles. The summed E-state index contributed by atoms with van der Waals surface area (Å²) in [5.74, 6) is 0.851. The molecule has 0 radical (unpaired) electrons. The molecule has 1 spiro atoms. The first-order chi connectivity index (χ1) is 11.8. The molecule has 0 saturated carbocycles. The zero-order chi connectivity index (χ0) is 16.4. The van der Waals surface area contributed by atoms with Gasteiger partial charge in [0.2, 0.25) is 5.91 Å². The van der Waals surface area contributed by atoms with E-state index in [1.54, 1.807) is 0 Å². The molecular formula is C19H21N3O2. The Kier molecular flexibility index (Phi) is 3.94. The standard InChI is InChI=1S/C19H21N3O2/c23-18-19(14-24-17-7-2-1-6-16(17)21-18)8-11-22(12-9-19)13-15-5-3-4-10-20-15/h1-7,10H,8-9,11-14H2,(H,21,23). The Morgan fingerprint density at radius 3 is 2.71 bits per heavy atom. The molecular weight excluding hydrogens is 302 g/mol. The summed E-state index contributed by atoms with van der Waals surface area (Å²) in [6.45, 7) is 3.04. The Labute approximate surface area is 141 Å². The fraction of sp³-hybridized carbons (Fsp3) is 0.368. The lowest BCUT2D eigenvalue weighted by atomic mass is 9.78. The highest BCUT2D eigenvalue weighted by molar-refractivity contribution is 5.97. The van der Waals surface area contributed by atoms with E-state index in [4.69, 9.17) is 4.74 Å². The van der Waals surface area contributed by atoms with Gasteiger partial charge in [-0.25, -0.2) is 0 Å². The van der Waals surface area contributed by atoms with Crippen molar-refractivity contribution in [2.75, 3.05) is 25.0 Å². The maximum absolute atomic E-state index is 12.8. The summed E-state index contributed by atoms with van der Waals surface area (Å²) in [7, 11) is 0. The second-order valence-electron chi connectivity index (χ2n) is 6.62. The topological polar surface area (TPSA) is 54.5 Å². The maximum Gasteiger partial charge on any atom is 0.234 e. The summed E-state index contributed by atoms with van der Waals surface area (Å²) in [6, 6.07) is 13.6. The molecule has 3 heterocycles. The molecule has 2 aromatic rings. The third-order valence-electron chi connectivity index (χ3n) is 5.05. The molecule has 2 aliphatic heterocycles. The zero-order valence-electron chi connectivity index (χ0n) is 13.6. The number of nitrogens with zero attached hydrogens (tertiary/aromatic N) is 2. The van der Waals surface area contributed by atoms with Gasteiger partial charge in [-0.2, -0.15) is 0 Å². The van der Waals surface area contributed by atoms with Crippen LogP contribution in [0.2, 0.25) is 0 Å². The first-order valence-corrected chi connectivity index (χ1v) is 8.41. The van der Waals surface area contributed by atoms with Gasteiger partial charge in [0, 0.05) is 12.7 Å². The molecule has 1 aromatic carbocycles. The van der Waals surface area contributed by atoms with E-state index < -0.39 is 5.41 Å². The molecule has 1 fully saturated rings. The van der Waals surface area contributed by atoms with Crippen LogP contribution < -0.4 is 10.1 Å². The van der Waals surface area contributed by atoms with Gasteiger partial charge in [0.05, 0.1) is 16.8 Å². The van der Waals surface area contributed by atoms with Crippen LogP contribution in [0.15, 0.2) is 48.7 Å². The first-order valence-electron chi connectivity index (χ1n) is 8.41. The number of fused-ring (bicyclic) bond motifs is 1. The predicted molar refractivity (Wildman–Crippen MR) is 91.7 cm³/mol. The molecule has 124 valence electrons. The van der Waals surface area contributed by atoms with Gasteiger partial charge < -0.3 is 10.1 Å². The third-order valence-corrected chi connectivity index (χ3v) is 5.05. The second kappa shape index (κ2) is 6.24. The normalized spacial score (nSPS) is 19.9. The molecule has 1 N–H and O–H groups in total. The summed E-state index contributed by atoms with van der Waals surface area (Å²) >= 11 is 0. The van der Waals surface area contributed by atoms with Crippen LogP contribution in [0.4, 0.5) is 5.69 Å². The minimum atomic E-state index is -0.431. The highest BCUT2D eigenvalue weighted by Crippen LogP contribution is 2.38. The molecule has 5 heteroatoms. The van der Waals surface area contributed by atoms with E-state index in [1.165, 1.54) is 0 Å². The number of pyridine rings is 1. The smallest absolute Gasteiger partial charge is 0.234 e. The molecule has 24 heavy (non-hydrogen) atoms. The number of ether oxygens (including phenoxy) is 1. The van der Waals surface area contributed by atoms with Crippen molar-refractivity contribution < 1.29 is 9.53 Å². The Morgan fingerprint density at radius 2 is 1.92 bits per heavy atom. The van der Waals surface area contributed by atoms with Crippen LogP contribution >= 0.6 is 0 Å². The summed E-state index contributed by atoms with van der Waals surface area (Å²) in [5.41, 5.74) is 1.41. The Bertz CT molecular complexity index is 724. The minimum Gasteiger partial charge on any atom is -0.490 e. The average Bonchev–Trinajstić information content (AvgIpc) is 2.76. The number of aromatic nitrogens is 1. The van der Waals surface area contributed by atoms with Crippen LogP contribution in [-0.4, -0.2) is 35.5 Å². The SMILES string of the molecule is O=C1Nc2ccccc2OCC12CCN(Cc1ccccn1)CC2. The summed E-state index contributed by atoms with van der Waals surface area (Å²) in [6.07, 6.45) is 3.43. The molecule has 5 nitrogen and oxygen atoms in total. The fourth-order valence-corrected chi connectivity index (χ4v) is 3.46. The number of hydrogen-bond acceptors (Lipinski definition) is 4. The Balaban J connectivity index is 1.44. The number of para-hydroxylation sites is 2. The lowest BCUT2D eigenvalue weighted by Crippen LogP contribution is -2.48. The van der Waals surface area contributed by atoms with Gasteiger partial charge >= 0.3 is 0 Å². The fourth-order valence-electron chi connectivity index (χ4n) is 3.46. The summed E-state index contributed by atoms with van der Waals surface area (Å²) in [4.78, 5) is 19.5. The highest BCUT2D eigenvalue weighted by Gasteiger charge is 2.44. The van der Waals surface area contributed by atoms with Crippen molar-refractivity contribution >= 4 is 11.6 Å². The number of likely N-dealkylation sites (tertiary alicyclic amines) is 1. The van der Waals surface area contributed by atoms with Crippen molar-refractivity contribution in [1.82, 2.24) is 9.88 Å². The minimum absolute atomic E-state index is 0.0879. The second-order valence-corrected chi connectivity index (χ2v) is 6.62. The van der Waals surface area contributed by atoms with Crippen molar-refractivity contribution in [2.24, 2.45) is 5.41 Å². The van der Waals surface area contributed by atoms with Crippen LogP contribution in [0.3, 0.4) is 0 Å². The largest absolute Gasteiger partial charge is 0.490 e. The van der Waals surface area contributed by atoms with E-state index >= 15 is 0 Å². The third kappa shape index (κ3) is 2.87. The molecule has 2 aliphatic rings. The first kappa shape index (κ1) is 15.1. The molecule has 1 amide bonds. The van der Waals surface area contributed by atoms with Crippen LogP contribution in [0, 0.1) is 5.41 Å². The number of piperidine rings is 1.